The molecule has 1 saturated heterocycles. The second-order valence-electron chi connectivity index (χ2n) is 8.68. The van der Waals surface area contributed by atoms with Gasteiger partial charge in [0, 0.05) is 23.1 Å². The molecule has 3 atom stereocenters. The summed E-state index contributed by atoms with van der Waals surface area (Å²) in [6, 6.07) is 9.48. The van der Waals surface area contributed by atoms with Gasteiger partial charge in [0.05, 0.1) is 12.6 Å². The molecule has 2 aliphatic heterocycles. The second kappa shape index (κ2) is 7.72. The Morgan fingerprint density at radius 3 is 2.50 bits per heavy atom. The predicted octanol–water partition coefficient (Wildman–Crippen LogP) is 4.01. The Hall–Kier alpha value is -2.68. The van der Waals surface area contributed by atoms with Gasteiger partial charge in [-0.2, -0.15) is 13.2 Å². The molecule has 32 heavy (non-hydrogen) atoms. The number of primary amides is 1. The Bertz CT molecular complexity index is 1020. The van der Waals surface area contributed by atoms with Crippen LogP contribution in [0.15, 0.2) is 42.5 Å². The minimum absolute atomic E-state index is 0.0171. The van der Waals surface area contributed by atoms with Crippen molar-refractivity contribution < 1.29 is 31.5 Å². The van der Waals surface area contributed by atoms with Gasteiger partial charge in [-0.15, -0.1) is 0 Å². The van der Waals surface area contributed by atoms with Crippen LogP contribution in [0.3, 0.4) is 0 Å². The molecule has 9 heteroatoms. The number of hydrogen-bond acceptors (Lipinski definition) is 3. The lowest BCUT2D eigenvalue weighted by molar-refractivity contribution is -0.228. The third-order valence-electron chi connectivity index (χ3n) is 6.70. The van der Waals surface area contributed by atoms with E-state index in [-0.39, 0.29) is 30.8 Å². The van der Waals surface area contributed by atoms with Crippen molar-refractivity contribution in [1.82, 2.24) is 4.90 Å². The molecule has 0 aliphatic carbocycles. The minimum Gasteiger partial charge on any atom is -0.492 e. The number of benzene rings is 2. The highest BCUT2D eigenvalue weighted by atomic mass is 19.4. The predicted molar refractivity (Wildman–Crippen MR) is 107 cm³/mol. The average molecular weight is 454 g/mol. The molecule has 1 fully saturated rings. The Balaban J connectivity index is 1.79. The summed E-state index contributed by atoms with van der Waals surface area (Å²) in [4.78, 5) is 13.5. The smallest absolute Gasteiger partial charge is 0.426 e. The van der Waals surface area contributed by atoms with Crippen LogP contribution in [0, 0.1) is 5.82 Å². The lowest BCUT2D eigenvalue weighted by Gasteiger charge is -2.43. The monoisotopic (exact) mass is 454 g/mol. The molecule has 0 bridgehead atoms. The van der Waals surface area contributed by atoms with Gasteiger partial charge in [-0.3, -0.25) is 9.69 Å². The standard InChI is InChI=1S/C23H23F5N2O2/c1-21(25,23(26,27)28)15-4-7-17-18(10-15)32-13-19-22(17,8-9-30(19)12-20(29)31)11-14-2-5-16(24)6-3-14/h2-7,10,19H,8-9,11-13H2,1H3,(H2,29,31). The van der Waals surface area contributed by atoms with Crippen molar-refractivity contribution in [2.45, 2.75) is 43.1 Å². The van der Waals surface area contributed by atoms with Crippen molar-refractivity contribution in [1.29, 1.82) is 0 Å². The topological polar surface area (TPSA) is 55.6 Å². The molecule has 0 saturated carbocycles. The van der Waals surface area contributed by atoms with Crippen molar-refractivity contribution in [3.63, 3.8) is 0 Å². The second-order valence-corrected chi connectivity index (χ2v) is 8.68. The molecule has 2 aliphatic rings. The fourth-order valence-corrected chi connectivity index (χ4v) is 4.93. The number of alkyl halides is 4. The molecule has 1 amide bonds. The van der Waals surface area contributed by atoms with E-state index in [1.807, 2.05) is 4.90 Å². The van der Waals surface area contributed by atoms with E-state index in [2.05, 4.69) is 0 Å². The van der Waals surface area contributed by atoms with Crippen LogP contribution in [0.4, 0.5) is 22.0 Å². The summed E-state index contributed by atoms with van der Waals surface area (Å²) in [6.45, 7) is 1.14. The molecular weight excluding hydrogens is 431 g/mol. The summed E-state index contributed by atoms with van der Waals surface area (Å²) < 4.78 is 73.5. The number of hydrogen-bond donors (Lipinski definition) is 1. The number of carbonyl (C=O) groups is 1. The molecular formula is C23H23F5N2O2. The van der Waals surface area contributed by atoms with Gasteiger partial charge >= 0.3 is 6.18 Å². The Kier molecular flexibility index (Phi) is 5.43. The Morgan fingerprint density at radius 1 is 1.19 bits per heavy atom. The summed E-state index contributed by atoms with van der Waals surface area (Å²) in [5.74, 6) is -0.687. The summed E-state index contributed by atoms with van der Waals surface area (Å²) in [5, 5.41) is 0. The van der Waals surface area contributed by atoms with Crippen LogP contribution in [0.1, 0.15) is 30.0 Å². The van der Waals surface area contributed by atoms with E-state index in [1.165, 1.54) is 18.2 Å². The first kappa shape index (κ1) is 22.5. The number of ether oxygens (including phenoxy) is 1. The van der Waals surface area contributed by atoms with Crippen molar-refractivity contribution >= 4 is 5.91 Å². The number of halogens is 5. The summed E-state index contributed by atoms with van der Waals surface area (Å²) >= 11 is 0. The third kappa shape index (κ3) is 3.72. The van der Waals surface area contributed by atoms with E-state index >= 15 is 0 Å². The van der Waals surface area contributed by atoms with Crippen LogP contribution < -0.4 is 10.5 Å². The number of fused-ring (bicyclic) bond motifs is 3. The number of likely N-dealkylation sites (tertiary alicyclic amines) is 1. The molecule has 0 aromatic heterocycles. The van der Waals surface area contributed by atoms with Crippen molar-refractivity contribution in [3.8, 4) is 5.75 Å². The first-order chi connectivity index (χ1) is 14.9. The maximum absolute atomic E-state index is 14.6. The zero-order valence-electron chi connectivity index (χ0n) is 17.4. The molecule has 2 aromatic rings. The van der Waals surface area contributed by atoms with Gasteiger partial charge in [-0.1, -0.05) is 24.3 Å². The van der Waals surface area contributed by atoms with E-state index in [0.717, 1.165) is 17.7 Å². The molecule has 0 spiro atoms. The van der Waals surface area contributed by atoms with Crippen LogP contribution >= 0.6 is 0 Å². The average Bonchev–Trinajstić information content (AvgIpc) is 3.06. The van der Waals surface area contributed by atoms with Crippen LogP contribution in [-0.2, 0) is 22.3 Å². The number of nitrogens with zero attached hydrogens (tertiary/aromatic N) is 1. The van der Waals surface area contributed by atoms with Crippen molar-refractivity contribution in [2.24, 2.45) is 5.73 Å². The number of amides is 1. The highest BCUT2D eigenvalue weighted by molar-refractivity contribution is 5.76. The van der Waals surface area contributed by atoms with Gasteiger partial charge in [0.25, 0.3) is 0 Å². The van der Waals surface area contributed by atoms with E-state index in [9.17, 15) is 26.7 Å². The lowest BCUT2D eigenvalue weighted by Crippen LogP contribution is -2.52. The lowest BCUT2D eigenvalue weighted by atomic mass is 9.68. The number of carbonyl (C=O) groups excluding carboxylic acids is 1. The van der Waals surface area contributed by atoms with E-state index in [1.54, 1.807) is 12.1 Å². The van der Waals surface area contributed by atoms with Crippen LogP contribution in [0.2, 0.25) is 0 Å². The maximum Gasteiger partial charge on any atom is 0.426 e. The van der Waals surface area contributed by atoms with Gasteiger partial charge in [0.2, 0.25) is 11.6 Å². The van der Waals surface area contributed by atoms with Gasteiger partial charge in [0.1, 0.15) is 18.2 Å². The maximum atomic E-state index is 14.6. The molecule has 3 unspecified atom stereocenters. The molecule has 0 radical (unpaired) electrons. The van der Waals surface area contributed by atoms with Gasteiger partial charge in [-0.25, -0.2) is 8.78 Å². The van der Waals surface area contributed by atoms with Crippen molar-refractivity contribution in [3.05, 3.63) is 65.0 Å². The summed E-state index contributed by atoms with van der Waals surface area (Å²) in [5.41, 5.74) is 2.21. The summed E-state index contributed by atoms with van der Waals surface area (Å²) in [7, 11) is 0. The Labute approximate surface area is 182 Å². The molecule has 2 heterocycles. The zero-order valence-corrected chi connectivity index (χ0v) is 17.4. The largest absolute Gasteiger partial charge is 0.492 e. The minimum atomic E-state index is -5.07. The number of rotatable bonds is 5. The third-order valence-corrected chi connectivity index (χ3v) is 6.70. The van der Waals surface area contributed by atoms with E-state index in [0.29, 0.717) is 31.9 Å². The van der Waals surface area contributed by atoms with Crippen molar-refractivity contribution in [2.75, 3.05) is 19.7 Å². The van der Waals surface area contributed by atoms with Gasteiger partial charge < -0.3 is 10.5 Å². The van der Waals surface area contributed by atoms with E-state index in [4.69, 9.17) is 10.5 Å². The van der Waals surface area contributed by atoms with Crippen LogP contribution in [-0.4, -0.2) is 42.7 Å². The molecule has 2 N–H and O–H groups in total. The molecule has 4 rings (SSSR count). The van der Waals surface area contributed by atoms with Crippen LogP contribution in [0.25, 0.3) is 0 Å². The van der Waals surface area contributed by atoms with Gasteiger partial charge in [-0.05, 0) is 43.5 Å². The van der Waals surface area contributed by atoms with Gasteiger partial charge in [0.15, 0.2) is 0 Å². The highest BCUT2D eigenvalue weighted by Gasteiger charge is 2.55. The number of nitrogens with two attached hydrogens (primary N) is 1. The molecule has 4 nitrogen and oxygen atoms in total. The van der Waals surface area contributed by atoms with Crippen LogP contribution in [0.5, 0.6) is 5.75 Å². The fourth-order valence-electron chi connectivity index (χ4n) is 4.93. The normalized spacial score (nSPS) is 24.9. The first-order valence-electron chi connectivity index (χ1n) is 10.2. The molecule has 2 aromatic carbocycles. The SMILES string of the molecule is CC(F)(c1ccc2c(c1)OCC1N(CC(N)=O)CCC21Cc1ccc(F)cc1)C(F)(F)F. The fraction of sp³-hybridized carbons (Fsp3) is 0.435. The molecule has 172 valence electrons. The summed E-state index contributed by atoms with van der Waals surface area (Å²) in [6.07, 6.45) is -4.03. The first-order valence-corrected chi connectivity index (χ1v) is 10.2. The quantitative estimate of drug-likeness (QED) is 0.695. The highest BCUT2D eigenvalue weighted by Crippen LogP contribution is 2.51. The zero-order chi connectivity index (χ0) is 23.3. The van der Waals surface area contributed by atoms with E-state index < -0.39 is 28.7 Å². The Morgan fingerprint density at radius 2 is 1.88 bits per heavy atom.